The van der Waals surface area contributed by atoms with Crippen molar-refractivity contribution in [1.29, 1.82) is 0 Å². The molecule has 19 heavy (non-hydrogen) atoms. The lowest BCUT2D eigenvalue weighted by atomic mass is 10.2. The molecule has 0 aliphatic rings. The van der Waals surface area contributed by atoms with Gasteiger partial charge in [-0.15, -0.1) is 0 Å². The van der Waals surface area contributed by atoms with Crippen molar-refractivity contribution in [3.05, 3.63) is 50.5 Å². The lowest BCUT2D eigenvalue weighted by Gasteiger charge is -2.09. The monoisotopic (exact) mass is 359 g/mol. The molecule has 0 radical (unpaired) electrons. The van der Waals surface area contributed by atoms with Crippen LogP contribution in [0.25, 0.3) is 0 Å². The number of pyridine rings is 1. The van der Waals surface area contributed by atoms with Crippen LogP contribution in [0.2, 0.25) is 10.0 Å². The molecular formula is C12H8BrCl2N3O. The van der Waals surface area contributed by atoms with E-state index in [1.54, 1.807) is 24.3 Å². The molecule has 2 aromatic rings. The van der Waals surface area contributed by atoms with Gasteiger partial charge in [0.1, 0.15) is 5.82 Å². The van der Waals surface area contributed by atoms with Gasteiger partial charge in [-0.05, 0) is 34.1 Å². The number of nitrogens with one attached hydrogen (secondary N) is 1. The molecule has 0 bridgehead atoms. The largest absolute Gasteiger partial charge is 0.383 e. The van der Waals surface area contributed by atoms with E-state index in [9.17, 15) is 4.79 Å². The first-order chi connectivity index (χ1) is 8.99. The maximum Gasteiger partial charge on any atom is 0.259 e. The molecule has 2 rings (SSSR count). The fraction of sp³-hybridized carbons (Fsp3) is 0. The summed E-state index contributed by atoms with van der Waals surface area (Å²) in [6, 6.07) is 6.55. The lowest BCUT2D eigenvalue weighted by molar-refractivity contribution is 0.102. The van der Waals surface area contributed by atoms with Crippen LogP contribution in [0, 0.1) is 0 Å². The number of nitrogen functional groups attached to an aromatic ring is 1. The normalized spacial score (nSPS) is 10.3. The average molecular weight is 361 g/mol. The fourth-order valence-corrected chi connectivity index (χ4v) is 2.10. The van der Waals surface area contributed by atoms with Crippen molar-refractivity contribution in [3.63, 3.8) is 0 Å². The Kier molecular flexibility index (Phi) is 4.29. The maximum atomic E-state index is 12.1. The molecule has 1 heterocycles. The molecule has 0 unspecified atom stereocenters. The molecule has 4 nitrogen and oxygen atoms in total. The van der Waals surface area contributed by atoms with Crippen molar-refractivity contribution in [2.45, 2.75) is 0 Å². The van der Waals surface area contributed by atoms with Crippen LogP contribution in [0.15, 0.2) is 34.9 Å². The van der Waals surface area contributed by atoms with Crippen molar-refractivity contribution < 1.29 is 4.79 Å². The van der Waals surface area contributed by atoms with E-state index < -0.39 is 5.91 Å². The van der Waals surface area contributed by atoms with Crippen molar-refractivity contribution in [2.24, 2.45) is 0 Å². The summed E-state index contributed by atoms with van der Waals surface area (Å²) >= 11 is 15.1. The molecule has 0 fully saturated rings. The summed E-state index contributed by atoms with van der Waals surface area (Å²) in [5, 5.41) is 3.28. The van der Waals surface area contributed by atoms with Gasteiger partial charge >= 0.3 is 0 Å². The van der Waals surface area contributed by atoms with Gasteiger partial charge < -0.3 is 11.1 Å². The Morgan fingerprint density at radius 2 is 2.11 bits per heavy atom. The fourth-order valence-electron chi connectivity index (χ4n) is 1.42. The van der Waals surface area contributed by atoms with Crippen LogP contribution in [-0.2, 0) is 0 Å². The minimum absolute atomic E-state index is 0.138. The zero-order chi connectivity index (χ0) is 14.0. The Labute approximate surface area is 128 Å². The van der Waals surface area contributed by atoms with Gasteiger partial charge in [0.15, 0.2) is 0 Å². The second kappa shape index (κ2) is 5.77. The van der Waals surface area contributed by atoms with Gasteiger partial charge in [-0.25, -0.2) is 4.98 Å². The first-order valence-electron chi connectivity index (χ1n) is 5.15. The van der Waals surface area contributed by atoms with Crippen LogP contribution in [0.3, 0.4) is 0 Å². The number of halogens is 3. The van der Waals surface area contributed by atoms with Gasteiger partial charge in [0, 0.05) is 10.7 Å². The highest BCUT2D eigenvalue weighted by Crippen LogP contribution is 2.30. The second-order valence-electron chi connectivity index (χ2n) is 3.64. The molecule has 0 saturated carbocycles. The lowest BCUT2D eigenvalue weighted by Crippen LogP contribution is -2.15. The molecule has 1 aromatic carbocycles. The average Bonchev–Trinajstić information content (AvgIpc) is 2.38. The van der Waals surface area contributed by atoms with Gasteiger partial charge in [-0.2, -0.15) is 0 Å². The molecule has 0 aliphatic carbocycles. The Hall–Kier alpha value is -1.30. The summed E-state index contributed by atoms with van der Waals surface area (Å²) in [6.45, 7) is 0. The number of amides is 1. The highest BCUT2D eigenvalue weighted by Gasteiger charge is 2.14. The van der Waals surface area contributed by atoms with E-state index in [2.05, 4.69) is 26.2 Å². The van der Waals surface area contributed by atoms with Crippen molar-refractivity contribution >= 4 is 56.5 Å². The SMILES string of the molecule is Nc1ncc(Br)cc1C(=O)Nc1cccc(Cl)c1Cl. The first-order valence-corrected chi connectivity index (χ1v) is 6.70. The van der Waals surface area contributed by atoms with E-state index in [1.165, 1.54) is 6.20 Å². The number of anilines is 2. The number of nitrogens with zero attached hydrogens (tertiary/aromatic N) is 1. The predicted molar refractivity (Wildman–Crippen MR) is 80.8 cm³/mol. The summed E-state index contributed by atoms with van der Waals surface area (Å²) in [5.41, 5.74) is 6.33. The summed E-state index contributed by atoms with van der Waals surface area (Å²) in [7, 11) is 0. The minimum Gasteiger partial charge on any atom is -0.383 e. The van der Waals surface area contributed by atoms with E-state index >= 15 is 0 Å². The van der Waals surface area contributed by atoms with Gasteiger partial charge in [-0.3, -0.25) is 4.79 Å². The molecule has 7 heteroatoms. The number of aromatic nitrogens is 1. The Morgan fingerprint density at radius 3 is 2.84 bits per heavy atom. The molecule has 1 amide bonds. The summed E-state index contributed by atoms with van der Waals surface area (Å²) in [6.07, 6.45) is 1.51. The van der Waals surface area contributed by atoms with Gasteiger partial charge in [-0.1, -0.05) is 29.3 Å². The zero-order valence-electron chi connectivity index (χ0n) is 9.45. The van der Waals surface area contributed by atoms with E-state index in [-0.39, 0.29) is 16.4 Å². The zero-order valence-corrected chi connectivity index (χ0v) is 12.6. The number of carbonyl (C=O) groups excluding carboxylic acids is 1. The number of hydrogen-bond acceptors (Lipinski definition) is 3. The highest BCUT2D eigenvalue weighted by molar-refractivity contribution is 9.10. The van der Waals surface area contributed by atoms with Crippen LogP contribution >= 0.6 is 39.1 Å². The van der Waals surface area contributed by atoms with E-state index in [1.807, 2.05) is 0 Å². The van der Waals surface area contributed by atoms with Gasteiger partial charge in [0.2, 0.25) is 0 Å². The number of carbonyl (C=O) groups is 1. The Bertz CT molecular complexity index is 649. The number of rotatable bonds is 2. The molecule has 0 saturated heterocycles. The minimum atomic E-state index is -0.407. The molecular weight excluding hydrogens is 353 g/mol. The van der Waals surface area contributed by atoms with Crippen LogP contribution in [0.4, 0.5) is 11.5 Å². The number of nitrogens with two attached hydrogens (primary N) is 1. The van der Waals surface area contributed by atoms with Crippen LogP contribution in [0.1, 0.15) is 10.4 Å². The van der Waals surface area contributed by atoms with Gasteiger partial charge in [0.25, 0.3) is 5.91 Å². The van der Waals surface area contributed by atoms with Gasteiger partial charge in [0.05, 0.1) is 21.3 Å². The maximum absolute atomic E-state index is 12.1. The summed E-state index contributed by atoms with van der Waals surface area (Å²) in [4.78, 5) is 16.0. The summed E-state index contributed by atoms with van der Waals surface area (Å²) in [5.74, 6) is -0.269. The summed E-state index contributed by atoms with van der Waals surface area (Å²) < 4.78 is 0.657. The molecule has 98 valence electrons. The van der Waals surface area contributed by atoms with E-state index in [0.717, 1.165) is 0 Å². The standard InChI is InChI=1S/C12H8BrCl2N3O/c13-6-4-7(11(16)17-5-6)12(19)18-9-3-1-2-8(14)10(9)15/h1-5H,(H2,16,17)(H,18,19). The Morgan fingerprint density at radius 1 is 1.37 bits per heavy atom. The van der Waals surface area contributed by atoms with Crippen LogP contribution in [-0.4, -0.2) is 10.9 Å². The molecule has 0 aliphatic heterocycles. The van der Waals surface area contributed by atoms with Crippen molar-refractivity contribution in [1.82, 2.24) is 4.98 Å². The predicted octanol–water partition coefficient (Wildman–Crippen LogP) is 3.99. The number of hydrogen-bond donors (Lipinski definition) is 2. The smallest absolute Gasteiger partial charge is 0.259 e. The molecule has 0 spiro atoms. The van der Waals surface area contributed by atoms with Crippen molar-refractivity contribution in [2.75, 3.05) is 11.1 Å². The third-order valence-electron chi connectivity index (χ3n) is 2.33. The van der Waals surface area contributed by atoms with Crippen LogP contribution < -0.4 is 11.1 Å². The molecule has 0 atom stereocenters. The third-order valence-corrected chi connectivity index (χ3v) is 3.58. The second-order valence-corrected chi connectivity index (χ2v) is 5.34. The van der Waals surface area contributed by atoms with Crippen LogP contribution in [0.5, 0.6) is 0 Å². The van der Waals surface area contributed by atoms with Crippen molar-refractivity contribution in [3.8, 4) is 0 Å². The number of benzene rings is 1. The first kappa shape index (κ1) is 14.1. The molecule has 3 N–H and O–H groups in total. The highest BCUT2D eigenvalue weighted by atomic mass is 79.9. The van der Waals surface area contributed by atoms with E-state index in [0.29, 0.717) is 15.2 Å². The topological polar surface area (TPSA) is 68.0 Å². The molecule has 1 aromatic heterocycles. The third kappa shape index (κ3) is 3.18. The van der Waals surface area contributed by atoms with E-state index in [4.69, 9.17) is 28.9 Å². The quantitative estimate of drug-likeness (QED) is 0.850. The Balaban J connectivity index is 2.31.